The van der Waals surface area contributed by atoms with E-state index in [1.807, 2.05) is 30.3 Å². The molecule has 0 aromatic heterocycles. The predicted molar refractivity (Wildman–Crippen MR) is 117 cm³/mol. The van der Waals surface area contributed by atoms with Gasteiger partial charge in [-0.15, -0.1) is 0 Å². The molecule has 0 spiro atoms. The third-order valence-electron chi connectivity index (χ3n) is 3.75. The van der Waals surface area contributed by atoms with Crippen LogP contribution in [0.25, 0.3) is 0 Å². The van der Waals surface area contributed by atoms with Crippen molar-refractivity contribution in [2.24, 2.45) is 4.99 Å². The normalized spacial score (nSPS) is 12.3. The summed E-state index contributed by atoms with van der Waals surface area (Å²) in [6, 6.07) is 24.9. The van der Waals surface area contributed by atoms with Crippen LogP contribution in [0.3, 0.4) is 0 Å². The molecule has 3 aromatic carbocycles. The van der Waals surface area contributed by atoms with Crippen molar-refractivity contribution in [1.29, 1.82) is 0 Å². The smallest absolute Gasteiger partial charge is 0.123 e. The highest BCUT2D eigenvalue weighted by atomic mass is 32.2. The van der Waals surface area contributed by atoms with Crippen LogP contribution in [0.2, 0.25) is 0 Å². The third-order valence-corrected chi connectivity index (χ3v) is 5.88. The molecule has 0 aliphatic rings. The molecular weight excluding hydrogens is 373 g/mol. The van der Waals surface area contributed by atoms with Gasteiger partial charge in [0, 0.05) is 9.79 Å². The summed E-state index contributed by atoms with van der Waals surface area (Å²) in [6.07, 6.45) is 0. The zero-order valence-corrected chi connectivity index (χ0v) is 16.9. The number of halogens is 1. The lowest BCUT2D eigenvalue weighted by molar-refractivity contribution is 0.626. The first-order valence-corrected chi connectivity index (χ1v) is 10.3. The Balaban J connectivity index is 1.85. The molecule has 0 aliphatic carbocycles. The highest BCUT2D eigenvalue weighted by Gasteiger charge is 2.07. The molecule has 27 heavy (non-hydrogen) atoms. The maximum absolute atomic E-state index is 13.1. The van der Waals surface area contributed by atoms with Crippen LogP contribution in [0.4, 0.5) is 10.1 Å². The van der Waals surface area contributed by atoms with Gasteiger partial charge in [-0.3, -0.25) is 0 Å². The van der Waals surface area contributed by atoms with Gasteiger partial charge in [0.05, 0.1) is 5.69 Å². The molecule has 0 bridgehead atoms. The molecule has 0 heterocycles. The fourth-order valence-corrected chi connectivity index (χ4v) is 3.91. The number of hydrogen-bond donors (Lipinski definition) is 0. The van der Waals surface area contributed by atoms with Crippen LogP contribution >= 0.6 is 23.5 Å². The van der Waals surface area contributed by atoms with Gasteiger partial charge >= 0.3 is 0 Å². The minimum Gasteiger partial charge on any atom is -0.241 e. The van der Waals surface area contributed by atoms with E-state index in [0.29, 0.717) is 0 Å². The number of aryl methyl sites for hydroxylation is 1. The van der Waals surface area contributed by atoms with Gasteiger partial charge in [-0.05, 0) is 73.4 Å². The van der Waals surface area contributed by atoms with Gasteiger partial charge in [0.1, 0.15) is 10.9 Å². The average Bonchev–Trinajstić information content (AvgIpc) is 2.69. The van der Waals surface area contributed by atoms with E-state index in [9.17, 15) is 4.39 Å². The SMILES string of the molecule is CC(=CSc1ccc(F)cc1)C(=Nc1ccccc1)Sc1ccc(C)cc1. The topological polar surface area (TPSA) is 12.4 Å². The van der Waals surface area contributed by atoms with Crippen molar-refractivity contribution < 1.29 is 4.39 Å². The van der Waals surface area contributed by atoms with Gasteiger partial charge in [-0.2, -0.15) is 0 Å². The fraction of sp³-hybridized carbons (Fsp3) is 0.0870. The molecule has 4 heteroatoms. The van der Waals surface area contributed by atoms with Crippen LogP contribution in [-0.2, 0) is 0 Å². The summed E-state index contributed by atoms with van der Waals surface area (Å²) in [5.74, 6) is -0.221. The van der Waals surface area contributed by atoms with Crippen molar-refractivity contribution >= 4 is 34.3 Å². The molecular formula is C23H20FNS2. The Morgan fingerprint density at radius 3 is 2.15 bits per heavy atom. The van der Waals surface area contributed by atoms with Crippen molar-refractivity contribution in [3.63, 3.8) is 0 Å². The van der Waals surface area contributed by atoms with Crippen LogP contribution < -0.4 is 0 Å². The summed E-state index contributed by atoms with van der Waals surface area (Å²) in [5.41, 5.74) is 3.23. The van der Waals surface area contributed by atoms with Crippen LogP contribution in [0, 0.1) is 12.7 Å². The molecule has 0 saturated heterocycles. The lowest BCUT2D eigenvalue weighted by Crippen LogP contribution is -1.94. The lowest BCUT2D eigenvalue weighted by atomic mass is 10.2. The van der Waals surface area contributed by atoms with Crippen molar-refractivity contribution in [2.75, 3.05) is 0 Å². The quantitative estimate of drug-likeness (QED) is 0.251. The molecule has 0 unspecified atom stereocenters. The first-order valence-electron chi connectivity index (χ1n) is 8.58. The second kappa shape index (κ2) is 9.58. The standard InChI is InChI=1S/C23H20FNS2/c1-17-8-12-22(13-9-17)27-23(25-20-6-4-3-5-7-20)18(2)16-26-21-14-10-19(24)11-15-21/h3-16H,1-2H3. The number of aliphatic imine (C=N–C) groups is 1. The summed E-state index contributed by atoms with van der Waals surface area (Å²) < 4.78 is 13.1. The van der Waals surface area contributed by atoms with Crippen molar-refractivity contribution in [1.82, 2.24) is 0 Å². The predicted octanol–water partition coefficient (Wildman–Crippen LogP) is 7.65. The molecule has 0 atom stereocenters. The van der Waals surface area contributed by atoms with Crippen molar-refractivity contribution in [3.05, 3.63) is 101 Å². The van der Waals surface area contributed by atoms with E-state index < -0.39 is 0 Å². The van der Waals surface area contributed by atoms with E-state index in [1.54, 1.807) is 35.7 Å². The Bertz CT molecular complexity index is 930. The number of para-hydroxylation sites is 1. The Hall–Kier alpha value is -2.30. The van der Waals surface area contributed by atoms with Gasteiger partial charge in [0.25, 0.3) is 0 Å². The van der Waals surface area contributed by atoms with Crippen molar-refractivity contribution in [3.8, 4) is 0 Å². The van der Waals surface area contributed by atoms with Gasteiger partial charge in [0.15, 0.2) is 0 Å². The van der Waals surface area contributed by atoms with Crippen LogP contribution in [0.15, 0.2) is 105 Å². The Morgan fingerprint density at radius 1 is 0.852 bits per heavy atom. The van der Waals surface area contributed by atoms with Gasteiger partial charge in [-0.1, -0.05) is 59.4 Å². The largest absolute Gasteiger partial charge is 0.241 e. The number of benzene rings is 3. The molecule has 0 aliphatic heterocycles. The first-order chi connectivity index (χ1) is 13.1. The molecule has 3 aromatic rings. The van der Waals surface area contributed by atoms with Crippen LogP contribution in [-0.4, -0.2) is 5.04 Å². The summed E-state index contributed by atoms with van der Waals surface area (Å²) in [6.45, 7) is 4.14. The molecule has 0 fully saturated rings. The second-order valence-electron chi connectivity index (χ2n) is 6.04. The summed E-state index contributed by atoms with van der Waals surface area (Å²) >= 11 is 3.21. The lowest BCUT2D eigenvalue weighted by Gasteiger charge is -2.08. The highest BCUT2D eigenvalue weighted by molar-refractivity contribution is 8.14. The van der Waals surface area contributed by atoms with E-state index >= 15 is 0 Å². The van der Waals surface area contributed by atoms with E-state index in [0.717, 1.165) is 26.1 Å². The minimum atomic E-state index is -0.221. The molecule has 0 N–H and O–H groups in total. The zero-order valence-electron chi connectivity index (χ0n) is 15.2. The second-order valence-corrected chi connectivity index (χ2v) is 8.05. The van der Waals surface area contributed by atoms with Crippen molar-refractivity contribution in [2.45, 2.75) is 23.6 Å². The number of thioether (sulfide) groups is 2. The number of hydrogen-bond acceptors (Lipinski definition) is 3. The Morgan fingerprint density at radius 2 is 1.48 bits per heavy atom. The van der Waals surface area contributed by atoms with Crippen LogP contribution in [0.1, 0.15) is 12.5 Å². The van der Waals surface area contributed by atoms with E-state index in [2.05, 4.69) is 43.5 Å². The molecule has 1 nitrogen and oxygen atoms in total. The maximum atomic E-state index is 13.1. The minimum absolute atomic E-state index is 0.221. The molecule has 0 radical (unpaired) electrons. The van der Waals surface area contributed by atoms with E-state index in [4.69, 9.17) is 4.99 Å². The summed E-state index contributed by atoms with van der Waals surface area (Å²) in [7, 11) is 0. The molecule has 3 rings (SSSR count). The molecule has 0 amide bonds. The monoisotopic (exact) mass is 393 g/mol. The Labute approximate surface area is 168 Å². The van der Waals surface area contributed by atoms with Gasteiger partial charge < -0.3 is 0 Å². The van der Waals surface area contributed by atoms with Gasteiger partial charge in [-0.25, -0.2) is 9.38 Å². The molecule has 136 valence electrons. The fourth-order valence-electron chi connectivity index (χ4n) is 2.25. The third kappa shape index (κ3) is 6.12. The maximum Gasteiger partial charge on any atom is 0.123 e. The highest BCUT2D eigenvalue weighted by Crippen LogP contribution is 2.29. The van der Waals surface area contributed by atoms with E-state index in [-0.39, 0.29) is 5.82 Å². The molecule has 0 saturated carbocycles. The Kier molecular flexibility index (Phi) is 6.91. The number of nitrogens with zero attached hydrogens (tertiary/aromatic N) is 1. The summed E-state index contributed by atoms with van der Waals surface area (Å²) in [4.78, 5) is 6.98. The van der Waals surface area contributed by atoms with Gasteiger partial charge in [0.2, 0.25) is 0 Å². The van der Waals surface area contributed by atoms with E-state index in [1.165, 1.54) is 17.7 Å². The summed E-state index contributed by atoms with van der Waals surface area (Å²) in [5, 5.41) is 3.01. The number of rotatable bonds is 5. The first kappa shape index (κ1) is 19.5. The van der Waals surface area contributed by atoms with Crippen LogP contribution in [0.5, 0.6) is 0 Å². The average molecular weight is 394 g/mol. The zero-order chi connectivity index (χ0) is 19.1.